The maximum Gasteiger partial charge on any atom is 0.278 e. The summed E-state index contributed by atoms with van der Waals surface area (Å²) in [4.78, 5) is 29.7. The van der Waals surface area contributed by atoms with Gasteiger partial charge < -0.3 is 9.80 Å². The molecule has 0 saturated carbocycles. The van der Waals surface area contributed by atoms with Crippen LogP contribution in [0.15, 0.2) is 47.3 Å². The number of halogens is 2. The summed E-state index contributed by atoms with van der Waals surface area (Å²) in [6, 6.07) is 11.3. The van der Waals surface area contributed by atoms with Gasteiger partial charge in [-0.05, 0) is 49.4 Å². The Kier molecular flexibility index (Phi) is 5.24. The minimum Gasteiger partial charge on any atom is -0.368 e. The predicted octanol–water partition coefficient (Wildman–Crippen LogP) is 3.17. The first kappa shape index (κ1) is 19.4. The van der Waals surface area contributed by atoms with E-state index >= 15 is 0 Å². The highest BCUT2D eigenvalue weighted by Crippen LogP contribution is 2.19. The maximum absolute atomic E-state index is 13.1. The first-order valence-electron chi connectivity index (χ1n) is 9.48. The lowest BCUT2D eigenvalue weighted by atomic mass is 10.1. The number of nitrogens with zero attached hydrogens (tertiary/aromatic N) is 4. The lowest BCUT2D eigenvalue weighted by molar-refractivity contribution is 0.0737. The molecule has 0 N–H and O–H groups in total. The summed E-state index contributed by atoms with van der Waals surface area (Å²) in [5.74, 6) is -0.657. The van der Waals surface area contributed by atoms with E-state index in [1.165, 1.54) is 12.1 Å². The van der Waals surface area contributed by atoms with Crippen molar-refractivity contribution >= 4 is 34.1 Å². The van der Waals surface area contributed by atoms with Gasteiger partial charge in [0.2, 0.25) is 5.43 Å². The van der Waals surface area contributed by atoms with Crippen molar-refractivity contribution in [2.45, 2.75) is 13.5 Å². The summed E-state index contributed by atoms with van der Waals surface area (Å²) in [5.41, 5.74) is 1.07. The van der Waals surface area contributed by atoms with Crippen LogP contribution in [0.3, 0.4) is 0 Å². The van der Waals surface area contributed by atoms with Gasteiger partial charge in [-0.3, -0.25) is 14.3 Å². The van der Waals surface area contributed by atoms with E-state index in [0.717, 1.165) is 5.69 Å². The number of carbonyl (C=O) groups excluding carboxylic acids is 1. The van der Waals surface area contributed by atoms with Crippen molar-refractivity contribution in [3.05, 3.63) is 69.2 Å². The lowest BCUT2D eigenvalue weighted by Crippen LogP contribution is -2.50. The number of hydrogen-bond acceptors (Lipinski definition) is 4. The van der Waals surface area contributed by atoms with Gasteiger partial charge in [0.05, 0.1) is 10.9 Å². The number of amides is 1. The molecule has 2 heterocycles. The highest BCUT2D eigenvalue weighted by molar-refractivity contribution is 6.31. The molecule has 0 radical (unpaired) electrons. The Morgan fingerprint density at radius 1 is 1.10 bits per heavy atom. The number of hydrogen-bond donors (Lipinski definition) is 0. The second kappa shape index (κ2) is 7.83. The molecule has 6 nitrogen and oxygen atoms in total. The van der Waals surface area contributed by atoms with Gasteiger partial charge in [-0.1, -0.05) is 11.6 Å². The zero-order valence-electron chi connectivity index (χ0n) is 15.9. The van der Waals surface area contributed by atoms with Crippen LogP contribution in [0.2, 0.25) is 5.02 Å². The molecular weight excluding hydrogens is 395 g/mol. The Labute approximate surface area is 172 Å². The minimum absolute atomic E-state index is 0.0863. The summed E-state index contributed by atoms with van der Waals surface area (Å²) in [6.07, 6.45) is 0. The van der Waals surface area contributed by atoms with Crippen molar-refractivity contribution in [3.63, 3.8) is 0 Å². The molecule has 1 aliphatic heterocycles. The first-order chi connectivity index (χ1) is 14.0. The van der Waals surface area contributed by atoms with Crippen molar-refractivity contribution in [2.24, 2.45) is 0 Å². The van der Waals surface area contributed by atoms with Crippen LogP contribution in [0.4, 0.5) is 10.1 Å². The first-order valence-corrected chi connectivity index (χ1v) is 9.86. The molecular formula is C21H20ClFN4O2. The third-order valence-electron chi connectivity index (χ3n) is 5.18. The Bertz CT molecular complexity index is 1120. The number of carbonyl (C=O) groups is 1. The molecule has 1 amide bonds. The number of aryl methyl sites for hydroxylation is 1. The number of piperazine rings is 1. The van der Waals surface area contributed by atoms with E-state index in [0.29, 0.717) is 48.6 Å². The van der Waals surface area contributed by atoms with Crippen LogP contribution >= 0.6 is 11.6 Å². The molecule has 1 aliphatic rings. The molecule has 2 aromatic carbocycles. The molecule has 3 aromatic rings. The molecule has 8 heteroatoms. The number of fused-ring (bicyclic) bond motifs is 1. The molecule has 0 spiro atoms. The van der Waals surface area contributed by atoms with Gasteiger partial charge in [0.1, 0.15) is 5.82 Å². The second-order valence-corrected chi connectivity index (χ2v) is 7.35. The quantitative estimate of drug-likeness (QED) is 0.660. The minimum atomic E-state index is -0.404. The van der Waals surface area contributed by atoms with Crippen LogP contribution in [-0.4, -0.2) is 46.8 Å². The number of aromatic nitrogens is 2. The van der Waals surface area contributed by atoms with Gasteiger partial charge in [0.25, 0.3) is 5.91 Å². The van der Waals surface area contributed by atoms with Crippen molar-refractivity contribution < 1.29 is 9.18 Å². The largest absolute Gasteiger partial charge is 0.368 e. The molecule has 29 heavy (non-hydrogen) atoms. The Balaban J connectivity index is 1.59. The zero-order chi connectivity index (χ0) is 20.5. The maximum atomic E-state index is 13.1. The van der Waals surface area contributed by atoms with Crippen molar-refractivity contribution in [1.29, 1.82) is 0 Å². The highest BCUT2D eigenvalue weighted by Gasteiger charge is 2.26. The highest BCUT2D eigenvalue weighted by atomic mass is 35.5. The molecule has 1 fully saturated rings. The van der Waals surface area contributed by atoms with Gasteiger partial charge in [0.15, 0.2) is 5.69 Å². The summed E-state index contributed by atoms with van der Waals surface area (Å²) in [6.45, 7) is 4.53. The van der Waals surface area contributed by atoms with E-state index in [2.05, 4.69) is 10.00 Å². The molecule has 4 rings (SSSR count). The van der Waals surface area contributed by atoms with E-state index in [1.54, 1.807) is 39.9 Å². The van der Waals surface area contributed by atoms with Crippen LogP contribution in [0.5, 0.6) is 0 Å². The van der Waals surface area contributed by atoms with Crippen molar-refractivity contribution in [2.75, 3.05) is 31.1 Å². The van der Waals surface area contributed by atoms with E-state index in [-0.39, 0.29) is 17.4 Å². The third-order valence-corrected chi connectivity index (χ3v) is 5.41. The predicted molar refractivity (Wildman–Crippen MR) is 111 cm³/mol. The molecule has 0 bridgehead atoms. The number of rotatable bonds is 3. The number of anilines is 1. The van der Waals surface area contributed by atoms with E-state index in [9.17, 15) is 14.0 Å². The van der Waals surface area contributed by atoms with E-state index < -0.39 is 5.43 Å². The molecule has 150 valence electrons. The fraction of sp³-hybridized carbons (Fsp3) is 0.286. The average Bonchev–Trinajstić information content (AvgIpc) is 2.74. The summed E-state index contributed by atoms with van der Waals surface area (Å²) < 4.78 is 14.8. The van der Waals surface area contributed by atoms with E-state index in [1.807, 2.05) is 6.92 Å². The third kappa shape index (κ3) is 3.70. The Morgan fingerprint density at radius 3 is 2.45 bits per heavy atom. The molecule has 1 saturated heterocycles. The van der Waals surface area contributed by atoms with Gasteiger partial charge in [-0.25, -0.2) is 4.39 Å². The van der Waals surface area contributed by atoms with Crippen molar-refractivity contribution in [3.8, 4) is 0 Å². The second-order valence-electron chi connectivity index (χ2n) is 6.91. The Hall–Kier alpha value is -2.93. The molecule has 0 aliphatic carbocycles. The number of benzene rings is 2. The molecule has 0 atom stereocenters. The van der Waals surface area contributed by atoms with Crippen LogP contribution in [0, 0.1) is 5.82 Å². The van der Waals surface area contributed by atoms with Crippen LogP contribution in [0.25, 0.3) is 10.9 Å². The lowest BCUT2D eigenvalue weighted by Gasteiger charge is -2.35. The zero-order valence-corrected chi connectivity index (χ0v) is 16.7. The molecule has 1 aromatic heterocycles. The topological polar surface area (TPSA) is 58.4 Å². The SMILES string of the molecule is CCn1nc(C(=O)N2CCN(c3ccc(F)cc3)CC2)c(=O)c2cc(Cl)ccc21. The van der Waals surface area contributed by atoms with Gasteiger partial charge in [0, 0.05) is 43.4 Å². The summed E-state index contributed by atoms with van der Waals surface area (Å²) in [5, 5.41) is 5.16. The van der Waals surface area contributed by atoms with Crippen molar-refractivity contribution in [1.82, 2.24) is 14.7 Å². The van der Waals surface area contributed by atoms with Gasteiger partial charge in [-0.15, -0.1) is 0 Å². The normalized spacial score (nSPS) is 14.4. The van der Waals surface area contributed by atoms with E-state index in [4.69, 9.17) is 11.6 Å². The summed E-state index contributed by atoms with van der Waals surface area (Å²) in [7, 11) is 0. The standard InChI is InChI=1S/C21H20ClFN4O2/c1-2-27-18-8-3-14(22)13-17(18)20(28)19(24-27)21(29)26-11-9-25(10-12-26)16-6-4-15(23)5-7-16/h3-8,13H,2,9-12H2,1H3. The van der Waals surface area contributed by atoms with Crippen LogP contribution in [-0.2, 0) is 6.54 Å². The van der Waals surface area contributed by atoms with Gasteiger partial charge >= 0.3 is 0 Å². The summed E-state index contributed by atoms with van der Waals surface area (Å²) >= 11 is 6.06. The molecule has 0 unspecified atom stereocenters. The smallest absolute Gasteiger partial charge is 0.278 e. The van der Waals surface area contributed by atoms with Crippen LogP contribution < -0.4 is 10.3 Å². The Morgan fingerprint density at radius 2 is 1.79 bits per heavy atom. The fourth-order valence-corrected chi connectivity index (χ4v) is 3.79. The fourth-order valence-electron chi connectivity index (χ4n) is 3.61. The average molecular weight is 415 g/mol. The van der Waals surface area contributed by atoms with Crippen LogP contribution in [0.1, 0.15) is 17.4 Å². The van der Waals surface area contributed by atoms with Gasteiger partial charge in [-0.2, -0.15) is 5.10 Å². The monoisotopic (exact) mass is 414 g/mol.